The van der Waals surface area contributed by atoms with Crippen LogP contribution in [0.15, 0.2) is 30.5 Å². The molecule has 0 saturated carbocycles. The lowest BCUT2D eigenvalue weighted by molar-refractivity contribution is -0.165. The molecule has 0 saturated heterocycles. The normalized spacial score (nSPS) is 15.9. The first kappa shape index (κ1) is 17.2. The van der Waals surface area contributed by atoms with Crippen molar-refractivity contribution in [2.24, 2.45) is 0 Å². The van der Waals surface area contributed by atoms with Crippen molar-refractivity contribution in [1.82, 2.24) is 9.55 Å². The number of carboxylic acid groups (broad SMARTS) is 1. The minimum Gasteiger partial charge on any atom is -0.479 e. The van der Waals surface area contributed by atoms with Gasteiger partial charge in [-0.05, 0) is 31.9 Å². The number of hydrogen-bond donors (Lipinski definition) is 2. The number of ether oxygens (including phenoxy) is 1. The van der Waals surface area contributed by atoms with Crippen molar-refractivity contribution in [2.75, 3.05) is 12.4 Å². The highest BCUT2D eigenvalue weighted by Crippen LogP contribution is 2.25. The number of aryl methyl sites for hydroxylation is 2. The maximum absolute atomic E-state index is 12.3. The second-order valence-corrected chi connectivity index (χ2v) is 6.27. The number of nitrogens with one attached hydrogen (secondary N) is 1. The maximum atomic E-state index is 12.3. The van der Waals surface area contributed by atoms with E-state index in [9.17, 15) is 14.7 Å². The van der Waals surface area contributed by atoms with E-state index in [1.54, 1.807) is 18.2 Å². The summed E-state index contributed by atoms with van der Waals surface area (Å²) in [5.41, 5.74) is 0.275. The Labute approximate surface area is 145 Å². The van der Waals surface area contributed by atoms with E-state index in [4.69, 9.17) is 4.74 Å². The number of nitrogens with zero attached hydrogens (tertiary/aromatic N) is 2. The molecule has 1 aromatic carbocycles. The van der Waals surface area contributed by atoms with Gasteiger partial charge in [-0.1, -0.05) is 12.1 Å². The molecular formula is C18H21N3O4. The number of fused-ring (bicyclic) bond motifs is 1. The predicted molar refractivity (Wildman–Crippen MR) is 92.3 cm³/mol. The summed E-state index contributed by atoms with van der Waals surface area (Å²) < 4.78 is 7.04. The lowest BCUT2D eigenvalue weighted by atomic mass is 10.1. The summed E-state index contributed by atoms with van der Waals surface area (Å²) in [7, 11) is 1.19. The number of imidazole rings is 1. The van der Waals surface area contributed by atoms with E-state index in [1.807, 2.05) is 12.3 Å². The van der Waals surface area contributed by atoms with E-state index >= 15 is 0 Å². The quantitative estimate of drug-likeness (QED) is 0.813. The van der Waals surface area contributed by atoms with Gasteiger partial charge in [0.05, 0.1) is 5.69 Å². The highest BCUT2D eigenvalue weighted by Gasteiger charge is 2.41. The highest BCUT2D eigenvalue weighted by atomic mass is 16.5. The zero-order valence-corrected chi connectivity index (χ0v) is 14.3. The van der Waals surface area contributed by atoms with Gasteiger partial charge in [-0.25, -0.2) is 9.78 Å². The molecule has 1 atom stereocenters. The SMILES string of the molecule is COC(C)(C(=O)O)C(=O)Nc1cccc(-c2cn3c(n2)CCCC3)c1. The van der Waals surface area contributed by atoms with Gasteiger partial charge in [0.1, 0.15) is 5.82 Å². The molecule has 132 valence electrons. The number of rotatable bonds is 5. The van der Waals surface area contributed by atoms with Crippen LogP contribution >= 0.6 is 0 Å². The molecule has 1 aliphatic heterocycles. The number of carboxylic acids is 1. The van der Waals surface area contributed by atoms with Gasteiger partial charge in [0, 0.05) is 37.5 Å². The monoisotopic (exact) mass is 343 g/mol. The number of aliphatic carboxylic acids is 1. The van der Waals surface area contributed by atoms with Gasteiger partial charge in [0.2, 0.25) is 5.60 Å². The van der Waals surface area contributed by atoms with Crippen LogP contribution in [0.3, 0.4) is 0 Å². The molecule has 0 aliphatic carbocycles. The molecule has 0 radical (unpaired) electrons. The lowest BCUT2D eigenvalue weighted by Crippen LogP contribution is -2.48. The Morgan fingerprint density at radius 2 is 2.16 bits per heavy atom. The number of carbonyl (C=O) groups excluding carboxylic acids is 1. The van der Waals surface area contributed by atoms with Crippen molar-refractivity contribution < 1.29 is 19.4 Å². The molecule has 0 fully saturated rings. The summed E-state index contributed by atoms with van der Waals surface area (Å²) in [5.74, 6) is -0.997. The number of methoxy groups -OCH3 is 1. The smallest absolute Gasteiger partial charge is 0.345 e. The van der Waals surface area contributed by atoms with Crippen LogP contribution in [0, 0.1) is 0 Å². The van der Waals surface area contributed by atoms with Crippen molar-refractivity contribution in [3.63, 3.8) is 0 Å². The van der Waals surface area contributed by atoms with Crippen LogP contribution < -0.4 is 5.32 Å². The number of carbonyl (C=O) groups is 2. The lowest BCUT2D eigenvalue weighted by Gasteiger charge is -2.22. The van der Waals surface area contributed by atoms with Crippen LogP contribution in [0.25, 0.3) is 11.3 Å². The van der Waals surface area contributed by atoms with E-state index in [0.29, 0.717) is 5.69 Å². The van der Waals surface area contributed by atoms with Crippen LogP contribution in [-0.2, 0) is 27.3 Å². The summed E-state index contributed by atoms with van der Waals surface area (Å²) in [4.78, 5) is 28.2. The van der Waals surface area contributed by atoms with Gasteiger partial charge < -0.3 is 19.7 Å². The molecule has 25 heavy (non-hydrogen) atoms. The molecule has 3 rings (SSSR count). The minimum absolute atomic E-state index is 0.498. The average Bonchev–Trinajstić information content (AvgIpc) is 3.05. The molecule has 1 unspecified atom stereocenters. The van der Waals surface area contributed by atoms with Crippen LogP contribution in [0.4, 0.5) is 5.69 Å². The van der Waals surface area contributed by atoms with Crippen molar-refractivity contribution in [1.29, 1.82) is 0 Å². The van der Waals surface area contributed by atoms with Crippen LogP contribution in [-0.4, -0.2) is 39.2 Å². The summed E-state index contributed by atoms with van der Waals surface area (Å²) in [6.07, 6.45) is 5.30. The topological polar surface area (TPSA) is 93.5 Å². The van der Waals surface area contributed by atoms with Crippen LogP contribution in [0.2, 0.25) is 0 Å². The first-order valence-electron chi connectivity index (χ1n) is 8.20. The summed E-state index contributed by atoms with van der Waals surface area (Å²) in [6, 6.07) is 7.20. The Morgan fingerprint density at radius 1 is 1.36 bits per heavy atom. The molecule has 1 amide bonds. The molecule has 2 aromatic rings. The standard InChI is InChI=1S/C18H21N3O4/c1-18(25-2,17(23)24)16(22)19-13-7-5-6-12(10-13)14-11-21-9-4-3-8-15(21)20-14/h5-7,10-11H,3-4,8-9H2,1-2H3,(H,19,22)(H,23,24). The van der Waals surface area contributed by atoms with Gasteiger partial charge in [0.25, 0.3) is 5.91 Å². The largest absolute Gasteiger partial charge is 0.479 e. The molecule has 2 heterocycles. The molecule has 7 heteroatoms. The van der Waals surface area contributed by atoms with Gasteiger partial charge in [-0.3, -0.25) is 4.79 Å². The third kappa shape index (κ3) is 3.28. The number of hydrogen-bond acceptors (Lipinski definition) is 4. The van der Waals surface area contributed by atoms with Gasteiger partial charge >= 0.3 is 5.97 Å². The Hall–Kier alpha value is -2.67. The second-order valence-electron chi connectivity index (χ2n) is 6.27. The fourth-order valence-corrected chi connectivity index (χ4v) is 2.84. The van der Waals surface area contributed by atoms with E-state index < -0.39 is 17.5 Å². The number of amides is 1. The first-order valence-corrected chi connectivity index (χ1v) is 8.20. The Balaban J connectivity index is 1.83. The van der Waals surface area contributed by atoms with Crippen molar-refractivity contribution in [3.8, 4) is 11.3 Å². The van der Waals surface area contributed by atoms with Crippen molar-refractivity contribution in [2.45, 2.75) is 38.3 Å². The zero-order valence-electron chi connectivity index (χ0n) is 14.3. The molecular weight excluding hydrogens is 322 g/mol. The van der Waals surface area contributed by atoms with Gasteiger partial charge in [-0.15, -0.1) is 0 Å². The van der Waals surface area contributed by atoms with Gasteiger partial charge in [0.15, 0.2) is 0 Å². The molecule has 2 N–H and O–H groups in total. The Kier molecular flexibility index (Phi) is 4.59. The second kappa shape index (κ2) is 6.68. The van der Waals surface area contributed by atoms with Crippen LogP contribution in [0.5, 0.6) is 0 Å². The van der Waals surface area contributed by atoms with Crippen molar-refractivity contribution >= 4 is 17.6 Å². The fraction of sp³-hybridized carbons (Fsp3) is 0.389. The first-order chi connectivity index (χ1) is 11.9. The molecule has 1 aromatic heterocycles. The Morgan fingerprint density at radius 3 is 2.84 bits per heavy atom. The third-order valence-electron chi connectivity index (χ3n) is 4.57. The number of benzene rings is 1. The minimum atomic E-state index is -1.94. The van der Waals surface area contributed by atoms with E-state index in [1.165, 1.54) is 14.0 Å². The predicted octanol–water partition coefficient (Wildman–Crippen LogP) is 2.31. The number of aromatic nitrogens is 2. The molecule has 1 aliphatic rings. The summed E-state index contributed by atoms with van der Waals surface area (Å²) >= 11 is 0. The summed E-state index contributed by atoms with van der Waals surface area (Å²) in [6.45, 7) is 2.20. The van der Waals surface area contributed by atoms with E-state index in [-0.39, 0.29) is 0 Å². The Bertz CT molecular complexity index is 791. The molecule has 0 bridgehead atoms. The third-order valence-corrected chi connectivity index (χ3v) is 4.57. The van der Waals surface area contributed by atoms with Gasteiger partial charge in [-0.2, -0.15) is 0 Å². The van der Waals surface area contributed by atoms with Crippen molar-refractivity contribution in [3.05, 3.63) is 36.3 Å². The van der Waals surface area contributed by atoms with E-state index in [0.717, 1.165) is 42.9 Å². The molecule has 7 nitrogen and oxygen atoms in total. The molecule has 0 spiro atoms. The van der Waals surface area contributed by atoms with Crippen LogP contribution in [0.1, 0.15) is 25.6 Å². The number of anilines is 1. The summed E-state index contributed by atoms with van der Waals surface area (Å²) in [5, 5.41) is 11.8. The zero-order chi connectivity index (χ0) is 18.0. The highest BCUT2D eigenvalue weighted by molar-refractivity contribution is 6.11. The maximum Gasteiger partial charge on any atom is 0.345 e. The average molecular weight is 343 g/mol. The van der Waals surface area contributed by atoms with E-state index in [2.05, 4.69) is 14.9 Å². The fourth-order valence-electron chi connectivity index (χ4n) is 2.84.